The molecular formula is C18H21FN2O3. The molecule has 128 valence electrons. The Morgan fingerprint density at radius 2 is 2.29 bits per heavy atom. The smallest absolute Gasteiger partial charge is 0.223 e. The lowest BCUT2D eigenvalue weighted by molar-refractivity contribution is -0.135. The number of hydrogen-bond acceptors (Lipinski definition) is 4. The molecule has 2 heterocycles. The number of carbonyl (C=O) groups excluding carboxylic acids is 1. The first-order chi connectivity index (χ1) is 11.6. The van der Waals surface area contributed by atoms with Crippen LogP contribution in [-0.2, 0) is 17.6 Å². The number of aliphatic hydroxyl groups is 1. The van der Waals surface area contributed by atoms with Crippen molar-refractivity contribution in [2.24, 2.45) is 5.92 Å². The number of amides is 1. The van der Waals surface area contributed by atoms with Crippen LogP contribution in [0, 0.1) is 11.7 Å². The Labute approximate surface area is 140 Å². The van der Waals surface area contributed by atoms with Crippen molar-refractivity contribution in [3.8, 4) is 0 Å². The molecule has 0 bridgehead atoms. The van der Waals surface area contributed by atoms with Crippen LogP contribution < -0.4 is 0 Å². The number of likely N-dealkylation sites (tertiary alicyclic amines) is 1. The first-order valence-corrected chi connectivity index (χ1v) is 8.21. The Hall–Kier alpha value is -2.21. The van der Waals surface area contributed by atoms with Crippen LogP contribution in [0.4, 0.5) is 4.39 Å². The predicted octanol–water partition coefficient (Wildman–Crippen LogP) is 2.20. The first kappa shape index (κ1) is 16.6. The van der Waals surface area contributed by atoms with Gasteiger partial charge in [0.05, 0.1) is 12.3 Å². The predicted molar refractivity (Wildman–Crippen MR) is 85.6 cm³/mol. The maximum Gasteiger partial charge on any atom is 0.223 e. The minimum absolute atomic E-state index is 0.0440. The summed E-state index contributed by atoms with van der Waals surface area (Å²) in [5.41, 5.74) is 0.843. The number of carbonyl (C=O) groups is 1. The van der Waals surface area contributed by atoms with E-state index >= 15 is 0 Å². The van der Waals surface area contributed by atoms with E-state index in [2.05, 4.69) is 5.16 Å². The van der Waals surface area contributed by atoms with E-state index in [-0.39, 0.29) is 17.6 Å². The highest BCUT2D eigenvalue weighted by Gasteiger charge is 2.30. The van der Waals surface area contributed by atoms with Crippen molar-refractivity contribution in [2.75, 3.05) is 13.1 Å². The SMILES string of the molecule is O=C(CCc1ccno1)N1CC[C@@H](O)[C@H](Cc2cccc(F)c2)C1. The minimum atomic E-state index is -0.466. The molecule has 1 N–H and O–H groups in total. The Morgan fingerprint density at radius 3 is 3.04 bits per heavy atom. The molecule has 1 amide bonds. The van der Waals surface area contributed by atoms with Crippen molar-refractivity contribution in [3.05, 3.63) is 53.7 Å². The highest BCUT2D eigenvalue weighted by atomic mass is 19.1. The lowest BCUT2D eigenvalue weighted by Crippen LogP contribution is -2.46. The summed E-state index contributed by atoms with van der Waals surface area (Å²) in [5.74, 6) is 0.381. The number of hydrogen-bond donors (Lipinski definition) is 1. The quantitative estimate of drug-likeness (QED) is 0.911. The number of rotatable bonds is 5. The van der Waals surface area contributed by atoms with Crippen LogP contribution in [0.2, 0.25) is 0 Å². The molecule has 24 heavy (non-hydrogen) atoms. The third-order valence-corrected chi connectivity index (χ3v) is 4.51. The molecule has 1 aromatic carbocycles. The van der Waals surface area contributed by atoms with Crippen LogP contribution in [0.25, 0.3) is 0 Å². The topological polar surface area (TPSA) is 66.6 Å². The standard InChI is InChI=1S/C18H21FN2O3/c19-15-3-1-2-13(11-15)10-14-12-21(9-7-17(14)22)18(23)5-4-16-6-8-20-24-16/h1-3,6,8,11,14,17,22H,4-5,7,9-10,12H2/t14-,17-/m1/s1. The monoisotopic (exact) mass is 332 g/mol. The highest BCUT2D eigenvalue weighted by Crippen LogP contribution is 2.22. The summed E-state index contributed by atoms with van der Waals surface area (Å²) >= 11 is 0. The van der Waals surface area contributed by atoms with Crippen LogP contribution in [-0.4, -0.2) is 40.3 Å². The zero-order chi connectivity index (χ0) is 16.9. The summed E-state index contributed by atoms with van der Waals surface area (Å²) in [7, 11) is 0. The van der Waals surface area contributed by atoms with Crippen LogP contribution in [0.5, 0.6) is 0 Å². The minimum Gasteiger partial charge on any atom is -0.393 e. The highest BCUT2D eigenvalue weighted by molar-refractivity contribution is 5.76. The van der Waals surface area contributed by atoms with Crippen molar-refractivity contribution in [3.63, 3.8) is 0 Å². The normalized spacial score (nSPS) is 21.0. The summed E-state index contributed by atoms with van der Waals surface area (Å²) in [6, 6.07) is 8.15. The molecule has 0 unspecified atom stereocenters. The second-order valence-electron chi connectivity index (χ2n) is 6.27. The second-order valence-corrected chi connectivity index (χ2v) is 6.27. The van der Waals surface area contributed by atoms with E-state index in [9.17, 15) is 14.3 Å². The summed E-state index contributed by atoms with van der Waals surface area (Å²) in [6.07, 6.45) is 3.08. The summed E-state index contributed by atoms with van der Waals surface area (Å²) in [5, 5.41) is 13.8. The molecule has 1 fully saturated rings. The molecule has 1 aliphatic rings. The van der Waals surface area contributed by atoms with Gasteiger partial charge in [-0.2, -0.15) is 0 Å². The molecular weight excluding hydrogens is 311 g/mol. The fraction of sp³-hybridized carbons (Fsp3) is 0.444. The van der Waals surface area contributed by atoms with Crippen LogP contribution in [0.3, 0.4) is 0 Å². The number of piperidine rings is 1. The van der Waals surface area contributed by atoms with Gasteiger partial charge in [-0.3, -0.25) is 4.79 Å². The van der Waals surface area contributed by atoms with E-state index < -0.39 is 6.10 Å². The molecule has 0 spiro atoms. The maximum atomic E-state index is 13.3. The molecule has 0 radical (unpaired) electrons. The summed E-state index contributed by atoms with van der Waals surface area (Å²) in [6.45, 7) is 1.04. The molecule has 2 aromatic rings. The summed E-state index contributed by atoms with van der Waals surface area (Å²) < 4.78 is 18.3. The van der Waals surface area contributed by atoms with Crippen molar-refractivity contribution in [1.82, 2.24) is 10.1 Å². The summed E-state index contributed by atoms with van der Waals surface area (Å²) in [4.78, 5) is 14.2. The van der Waals surface area contributed by atoms with Gasteiger partial charge < -0.3 is 14.5 Å². The van der Waals surface area contributed by atoms with Crippen LogP contribution in [0.1, 0.15) is 24.2 Å². The molecule has 1 aromatic heterocycles. The van der Waals surface area contributed by atoms with Gasteiger partial charge in [0.2, 0.25) is 5.91 Å². The van der Waals surface area contributed by atoms with Crippen molar-refractivity contribution < 1.29 is 18.8 Å². The number of aryl methyl sites for hydroxylation is 1. The van der Waals surface area contributed by atoms with Gasteiger partial charge in [-0.05, 0) is 30.5 Å². The molecule has 2 atom stereocenters. The van der Waals surface area contributed by atoms with Crippen molar-refractivity contribution >= 4 is 5.91 Å². The molecule has 0 aliphatic carbocycles. The number of nitrogens with zero attached hydrogens (tertiary/aromatic N) is 2. The van der Waals surface area contributed by atoms with Gasteiger partial charge in [-0.1, -0.05) is 17.3 Å². The molecule has 3 rings (SSSR count). The Kier molecular flexibility index (Phi) is 5.25. The molecule has 1 saturated heterocycles. The van der Waals surface area contributed by atoms with E-state index in [1.807, 2.05) is 6.07 Å². The zero-order valence-corrected chi connectivity index (χ0v) is 13.4. The first-order valence-electron chi connectivity index (χ1n) is 8.21. The van der Waals surface area contributed by atoms with E-state index in [1.165, 1.54) is 12.1 Å². The molecule has 0 saturated carbocycles. The number of aliphatic hydroxyl groups excluding tert-OH is 1. The molecule has 5 nitrogen and oxygen atoms in total. The second kappa shape index (κ2) is 7.57. The Balaban J connectivity index is 1.57. The molecule has 1 aliphatic heterocycles. The van der Waals surface area contributed by atoms with Crippen LogP contribution >= 0.6 is 0 Å². The third kappa shape index (κ3) is 4.20. The fourth-order valence-corrected chi connectivity index (χ4v) is 3.17. The average Bonchev–Trinajstić information content (AvgIpc) is 3.08. The zero-order valence-electron chi connectivity index (χ0n) is 13.4. The number of benzene rings is 1. The van der Waals surface area contributed by atoms with Crippen LogP contribution in [0.15, 0.2) is 41.1 Å². The number of halogens is 1. The Morgan fingerprint density at radius 1 is 1.42 bits per heavy atom. The maximum absolute atomic E-state index is 13.3. The van der Waals surface area contributed by atoms with E-state index in [0.29, 0.717) is 44.5 Å². The van der Waals surface area contributed by atoms with Gasteiger partial charge in [0.15, 0.2) is 0 Å². The lowest BCUT2D eigenvalue weighted by atomic mass is 9.88. The van der Waals surface area contributed by atoms with Gasteiger partial charge >= 0.3 is 0 Å². The fourth-order valence-electron chi connectivity index (χ4n) is 3.17. The Bertz CT molecular complexity index is 675. The van der Waals surface area contributed by atoms with E-state index in [4.69, 9.17) is 4.52 Å². The largest absolute Gasteiger partial charge is 0.393 e. The lowest BCUT2D eigenvalue weighted by Gasteiger charge is -2.36. The van der Waals surface area contributed by atoms with Crippen molar-refractivity contribution in [1.29, 1.82) is 0 Å². The van der Waals surface area contributed by atoms with E-state index in [1.54, 1.807) is 23.2 Å². The number of aromatic nitrogens is 1. The van der Waals surface area contributed by atoms with Crippen molar-refractivity contribution in [2.45, 2.75) is 31.8 Å². The van der Waals surface area contributed by atoms with Gasteiger partial charge in [0.25, 0.3) is 0 Å². The van der Waals surface area contributed by atoms with Gasteiger partial charge in [-0.15, -0.1) is 0 Å². The average molecular weight is 332 g/mol. The van der Waals surface area contributed by atoms with Gasteiger partial charge in [0.1, 0.15) is 11.6 Å². The van der Waals surface area contributed by atoms with E-state index in [0.717, 1.165) is 5.56 Å². The van der Waals surface area contributed by atoms with Gasteiger partial charge in [0, 0.05) is 37.9 Å². The third-order valence-electron chi connectivity index (χ3n) is 4.51. The molecule has 6 heteroatoms. The van der Waals surface area contributed by atoms with Gasteiger partial charge in [-0.25, -0.2) is 4.39 Å².